The first-order chi connectivity index (χ1) is 11.5. The Kier molecular flexibility index (Phi) is 5.44. The molecule has 2 aliphatic rings. The number of sulfonamides is 1. The Bertz CT molecular complexity index is 631. The van der Waals surface area contributed by atoms with E-state index < -0.39 is 15.3 Å². The van der Waals surface area contributed by atoms with Crippen molar-refractivity contribution in [2.75, 3.05) is 18.0 Å². The molecule has 2 aliphatic heterocycles. The van der Waals surface area contributed by atoms with Crippen molar-refractivity contribution in [3.05, 3.63) is 29.8 Å². The Balaban J connectivity index is 1.60. The minimum absolute atomic E-state index is 0.112. The molecule has 2 atom stereocenters. The fraction of sp³-hybridized carbons (Fsp3) is 0.647. The van der Waals surface area contributed by atoms with Crippen LogP contribution in [0.15, 0.2) is 24.3 Å². The van der Waals surface area contributed by atoms with Crippen LogP contribution in [0.5, 0.6) is 0 Å². The second-order valence-corrected chi connectivity index (χ2v) is 8.83. The second kappa shape index (κ2) is 7.39. The van der Waals surface area contributed by atoms with Gasteiger partial charge >= 0.3 is 0 Å². The summed E-state index contributed by atoms with van der Waals surface area (Å²) >= 11 is 0. The molecule has 1 aromatic carbocycles. The van der Waals surface area contributed by atoms with Crippen molar-refractivity contribution in [3.8, 4) is 0 Å². The van der Waals surface area contributed by atoms with Gasteiger partial charge in [0.15, 0.2) is 0 Å². The van der Waals surface area contributed by atoms with E-state index in [1.165, 1.54) is 24.9 Å². The van der Waals surface area contributed by atoms with Crippen molar-refractivity contribution in [1.82, 2.24) is 15.6 Å². The van der Waals surface area contributed by atoms with E-state index in [-0.39, 0.29) is 12.1 Å². The Hall–Kier alpha value is -1.15. The summed E-state index contributed by atoms with van der Waals surface area (Å²) in [5.74, 6) is 0. The van der Waals surface area contributed by atoms with Gasteiger partial charge in [0.05, 0.1) is 0 Å². The Labute approximate surface area is 145 Å². The number of hydrogen-bond acceptors (Lipinski definition) is 5. The first-order valence-corrected chi connectivity index (χ1v) is 10.4. The maximum Gasteiger partial charge on any atom is 0.217 e. The highest BCUT2D eigenvalue weighted by Crippen LogP contribution is 2.20. The van der Waals surface area contributed by atoms with Gasteiger partial charge in [0.1, 0.15) is 5.25 Å². The third kappa shape index (κ3) is 3.91. The van der Waals surface area contributed by atoms with Crippen molar-refractivity contribution in [2.45, 2.75) is 57.0 Å². The molecule has 0 saturated carbocycles. The Morgan fingerprint density at radius 1 is 1.04 bits per heavy atom. The third-order valence-electron chi connectivity index (χ3n) is 5.02. The molecule has 0 aromatic heterocycles. The molecular weight excluding hydrogens is 324 g/mol. The molecule has 3 N–H and O–H groups in total. The summed E-state index contributed by atoms with van der Waals surface area (Å²) in [7, 11) is -3.37. The van der Waals surface area contributed by atoms with Crippen LogP contribution in [0.25, 0.3) is 0 Å². The van der Waals surface area contributed by atoms with E-state index in [9.17, 15) is 8.42 Å². The van der Waals surface area contributed by atoms with Gasteiger partial charge in [0.2, 0.25) is 10.0 Å². The predicted molar refractivity (Wildman–Crippen MR) is 97.2 cm³/mol. The lowest BCUT2D eigenvalue weighted by atomic mass is 10.1. The van der Waals surface area contributed by atoms with Gasteiger partial charge in [-0.05, 0) is 50.8 Å². The van der Waals surface area contributed by atoms with Crippen LogP contribution >= 0.6 is 0 Å². The molecule has 24 heavy (non-hydrogen) atoms. The van der Waals surface area contributed by atoms with Gasteiger partial charge in [0.25, 0.3) is 0 Å². The average molecular weight is 353 g/mol. The maximum atomic E-state index is 12.5. The highest BCUT2D eigenvalue weighted by Gasteiger charge is 2.39. The minimum atomic E-state index is -3.37. The summed E-state index contributed by atoms with van der Waals surface area (Å²) in [6.07, 6.45) is 3.82. The Morgan fingerprint density at radius 3 is 2.21 bits per heavy atom. The lowest BCUT2D eigenvalue weighted by Crippen LogP contribution is -2.44. The van der Waals surface area contributed by atoms with Crippen molar-refractivity contribution < 1.29 is 8.42 Å². The molecule has 2 fully saturated rings. The van der Waals surface area contributed by atoms with Gasteiger partial charge in [-0.2, -0.15) is 0 Å². The number of hydrazine groups is 1. The lowest BCUT2D eigenvalue weighted by Gasteiger charge is -2.28. The fourth-order valence-electron chi connectivity index (χ4n) is 3.65. The summed E-state index contributed by atoms with van der Waals surface area (Å²) in [5, 5.41) is -0.467. The number of rotatable bonds is 5. The maximum absolute atomic E-state index is 12.5. The molecule has 0 bridgehead atoms. The molecule has 0 radical (unpaired) electrons. The molecule has 6 nitrogen and oxygen atoms in total. The molecule has 3 rings (SSSR count). The molecule has 0 amide bonds. The van der Waals surface area contributed by atoms with Crippen molar-refractivity contribution in [2.24, 2.45) is 0 Å². The summed E-state index contributed by atoms with van der Waals surface area (Å²) in [6, 6.07) is 8.00. The van der Waals surface area contributed by atoms with Crippen molar-refractivity contribution in [1.29, 1.82) is 0 Å². The first kappa shape index (κ1) is 17.7. The molecular formula is C17H28N4O2S. The number of nitrogens with zero attached hydrogens (tertiary/aromatic N) is 1. The first-order valence-electron chi connectivity index (χ1n) is 8.81. The van der Waals surface area contributed by atoms with Gasteiger partial charge < -0.3 is 4.90 Å². The van der Waals surface area contributed by atoms with E-state index >= 15 is 0 Å². The molecule has 2 unspecified atom stereocenters. The zero-order valence-electron chi connectivity index (χ0n) is 14.5. The van der Waals surface area contributed by atoms with E-state index in [1.54, 1.807) is 0 Å². The van der Waals surface area contributed by atoms with Crippen molar-refractivity contribution >= 4 is 15.7 Å². The normalized spacial score (nSPS) is 28.2. The van der Waals surface area contributed by atoms with Gasteiger partial charge in [0, 0.05) is 37.4 Å². The SMILES string of the molecule is CC1NNC(C)C1S(=O)(=O)NCc1ccc(N2CCCCC2)cc1. The zero-order valence-corrected chi connectivity index (χ0v) is 15.3. The van der Waals surface area contributed by atoms with Crippen LogP contribution in [-0.4, -0.2) is 38.8 Å². The molecule has 0 aliphatic carbocycles. The summed E-state index contributed by atoms with van der Waals surface area (Å²) in [6.45, 7) is 6.33. The summed E-state index contributed by atoms with van der Waals surface area (Å²) in [4.78, 5) is 2.40. The molecule has 2 heterocycles. The lowest BCUT2D eigenvalue weighted by molar-refractivity contribution is 0.544. The van der Waals surface area contributed by atoms with E-state index in [4.69, 9.17) is 0 Å². The van der Waals surface area contributed by atoms with Gasteiger partial charge in [-0.25, -0.2) is 13.1 Å². The highest BCUT2D eigenvalue weighted by molar-refractivity contribution is 7.90. The van der Waals surface area contributed by atoms with Gasteiger partial charge in [-0.15, -0.1) is 0 Å². The fourth-order valence-corrected chi connectivity index (χ4v) is 5.43. The minimum Gasteiger partial charge on any atom is -0.372 e. The smallest absolute Gasteiger partial charge is 0.217 e. The number of anilines is 1. The van der Waals surface area contributed by atoms with Gasteiger partial charge in [-0.1, -0.05) is 12.1 Å². The molecule has 7 heteroatoms. The number of hydrogen-bond donors (Lipinski definition) is 3. The summed E-state index contributed by atoms with van der Waals surface area (Å²) < 4.78 is 27.8. The van der Waals surface area contributed by atoms with Crippen LogP contribution < -0.4 is 20.5 Å². The number of benzene rings is 1. The number of nitrogens with one attached hydrogen (secondary N) is 3. The van der Waals surface area contributed by atoms with Crippen molar-refractivity contribution in [3.63, 3.8) is 0 Å². The Morgan fingerprint density at radius 2 is 1.62 bits per heavy atom. The summed E-state index contributed by atoms with van der Waals surface area (Å²) in [5.41, 5.74) is 8.20. The van der Waals surface area contributed by atoms with Crippen LogP contribution in [0.1, 0.15) is 38.7 Å². The quantitative estimate of drug-likeness (QED) is 0.746. The topological polar surface area (TPSA) is 73.5 Å². The standard InChI is InChI=1S/C17H28N4O2S/c1-13-17(14(2)20-19-13)24(22,23)18-12-15-6-8-16(9-7-15)21-10-4-3-5-11-21/h6-9,13-14,17-20H,3-5,10-12H2,1-2H3. The predicted octanol–water partition coefficient (Wildman–Crippen LogP) is 1.35. The largest absolute Gasteiger partial charge is 0.372 e. The highest BCUT2D eigenvalue weighted by atomic mass is 32.2. The van der Waals surface area contributed by atoms with Gasteiger partial charge in [-0.3, -0.25) is 10.9 Å². The van der Waals surface area contributed by atoms with E-state index in [0.29, 0.717) is 6.54 Å². The molecule has 134 valence electrons. The van der Waals surface area contributed by atoms with Crippen LogP contribution in [0, 0.1) is 0 Å². The van der Waals surface area contributed by atoms with E-state index in [0.717, 1.165) is 18.7 Å². The van der Waals surface area contributed by atoms with Crippen LogP contribution in [0.4, 0.5) is 5.69 Å². The van der Waals surface area contributed by atoms with E-state index in [2.05, 4.69) is 32.6 Å². The zero-order chi connectivity index (χ0) is 17.2. The molecule has 0 spiro atoms. The second-order valence-electron chi connectivity index (χ2n) is 6.91. The number of piperidine rings is 1. The van der Waals surface area contributed by atoms with Crippen LogP contribution in [-0.2, 0) is 16.6 Å². The third-order valence-corrected chi connectivity index (χ3v) is 7.10. The van der Waals surface area contributed by atoms with Crippen LogP contribution in [0.2, 0.25) is 0 Å². The molecule has 1 aromatic rings. The van der Waals surface area contributed by atoms with Crippen LogP contribution in [0.3, 0.4) is 0 Å². The average Bonchev–Trinajstić information content (AvgIpc) is 2.94. The monoisotopic (exact) mass is 352 g/mol. The molecule has 2 saturated heterocycles. The van der Waals surface area contributed by atoms with E-state index in [1.807, 2.05) is 26.0 Å².